The second kappa shape index (κ2) is 2.89. The molecule has 2 heteroatoms. The Balaban J connectivity index is 1.43. The molecule has 0 aromatic rings. The van der Waals surface area contributed by atoms with Crippen molar-refractivity contribution in [1.29, 1.82) is 0 Å². The average molecular weight is 320 g/mol. The minimum Gasteiger partial charge on any atom is -0.299 e. The van der Waals surface area contributed by atoms with Gasteiger partial charge in [-0.2, -0.15) is 0 Å². The fourth-order valence-corrected chi connectivity index (χ4v) is 12.8. The molecule has 0 aromatic heterocycles. The van der Waals surface area contributed by atoms with Gasteiger partial charge < -0.3 is 0 Å². The lowest BCUT2D eigenvalue weighted by molar-refractivity contribution is -0.400. The van der Waals surface area contributed by atoms with E-state index in [4.69, 9.17) is 0 Å². The lowest BCUT2D eigenvalue weighted by Crippen LogP contribution is -2.88. The van der Waals surface area contributed by atoms with Crippen LogP contribution in [0.2, 0.25) is 0 Å². The lowest BCUT2D eigenvalue weighted by Gasteiger charge is -2.90. The van der Waals surface area contributed by atoms with Crippen molar-refractivity contribution in [2.75, 3.05) is 0 Å². The van der Waals surface area contributed by atoms with Gasteiger partial charge in [-0.25, -0.2) is 0 Å². The van der Waals surface area contributed by atoms with Crippen LogP contribution in [0.3, 0.4) is 0 Å². The molecular weight excluding hydrogens is 296 g/mol. The number of carbonyl (C=O) groups is 2. The van der Waals surface area contributed by atoms with Crippen molar-refractivity contribution < 1.29 is 9.59 Å². The number of rotatable bonds is 0. The van der Waals surface area contributed by atoms with E-state index in [0.29, 0.717) is 46.7 Å². The molecule has 13 saturated carbocycles. The number of ketones is 2. The van der Waals surface area contributed by atoms with Crippen molar-refractivity contribution in [2.24, 2.45) is 81.8 Å². The molecule has 14 bridgehead atoms. The minimum absolute atomic E-state index is 0.0916. The molecule has 0 radical (unpaired) electrons. The van der Waals surface area contributed by atoms with Crippen molar-refractivity contribution in [3.8, 4) is 0 Å². The van der Waals surface area contributed by atoms with Gasteiger partial charge in [-0.05, 0) is 97.2 Å². The molecule has 0 heterocycles. The van der Waals surface area contributed by atoms with Gasteiger partial charge in [0.25, 0.3) is 0 Å². The molecule has 13 aliphatic rings. The molecule has 124 valence electrons. The van der Waals surface area contributed by atoms with Gasteiger partial charge in [-0.3, -0.25) is 9.59 Å². The van der Waals surface area contributed by atoms with Crippen LogP contribution in [0.1, 0.15) is 38.5 Å². The molecule has 0 saturated heterocycles. The van der Waals surface area contributed by atoms with Crippen LogP contribution in [-0.4, -0.2) is 11.6 Å². The van der Waals surface area contributed by atoms with E-state index >= 15 is 0 Å². The van der Waals surface area contributed by atoms with Gasteiger partial charge in [-0.15, -0.1) is 0 Å². The Bertz CT molecular complexity index is 798. The van der Waals surface area contributed by atoms with Crippen LogP contribution in [0.25, 0.3) is 0 Å². The van der Waals surface area contributed by atoms with Crippen LogP contribution in [-0.2, 0) is 9.59 Å². The predicted molar refractivity (Wildman–Crippen MR) is 84.5 cm³/mol. The molecule has 0 aliphatic heterocycles. The van der Waals surface area contributed by atoms with Crippen molar-refractivity contribution in [1.82, 2.24) is 0 Å². The Morgan fingerprint density at radius 1 is 0.667 bits per heavy atom. The maximum atomic E-state index is 13.6. The van der Waals surface area contributed by atoms with Crippen LogP contribution < -0.4 is 0 Å². The molecule has 0 aromatic carbocycles. The molecule has 0 N–H and O–H groups in total. The molecule has 2 spiro atoms. The Kier molecular flexibility index (Phi) is 1.43. The summed E-state index contributed by atoms with van der Waals surface area (Å²) in [6, 6.07) is 0. The molecule has 24 heavy (non-hydrogen) atoms. The van der Waals surface area contributed by atoms with Crippen molar-refractivity contribution in [3.63, 3.8) is 0 Å². The number of Topliss-reactive ketones (excluding diaryl/α,β-unsaturated/α-hetero) is 2. The van der Waals surface area contributed by atoms with Crippen LogP contribution in [0.5, 0.6) is 0 Å². The van der Waals surface area contributed by atoms with Crippen molar-refractivity contribution in [3.05, 3.63) is 0 Å². The fraction of sp³-hybridized carbons (Fsp3) is 0.909. The molecule has 0 amide bonds. The summed E-state index contributed by atoms with van der Waals surface area (Å²) in [4.78, 5) is 26.9. The Morgan fingerprint density at radius 2 is 1.38 bits per heavy atom. The summed E-state index contributed by atoms with van der Waals surface area (Å²) in [5.41, 5.74) is 0.623. The summed E-state index contributed by atoms with van der Waals surface area (Å²) in [5, 5.41) is 0. The average Bonchev–Trinajstić information content (AvgIpc) is 2.58. The Morgan fingerprint density at radius 3 is 2.21 bits per heavy atom. The van der Waals surface area contributed by atoms with E-state index in [1.807, 2.05) is 0 Å². The van der Waals surface area contributed by atoms with Crippen molar-refractivity contribution >= 4 is 11.6 Å². The minimum atomic E-state index is 0.0916. The molecule has 13 aliphatic carbocycles. The first-order valence-electron chi connectivity index (χ1n) is 10.7. The maximum absolute atomic E-state index is 13.6. The van der Waals surface area contributed by atoms with Crippen LogP contribution in [0.15, 0.2) is 0 Å². The zero-order valence-electron chi connectivity index (χ0n) is 14.0. The van der Waals surface area contributed by atoms with E-state index in [0.717, 1.165) is 47.7 Å². The van der Waals surface area contributed by atoms with E-state index in [-0.39, 0.29) is 5.41 Å². The van der Waals surface area contributed by atoms with Gasteiger partial charge in [0.05, 0.1) is 0 Å². The number of hydrogen-bond acceptors (Lipinski definition) is 2. The van der Waals surface area contributed by atoms with Gasteiger partial charge in [-0.1, -0.05) is 0 Å². The van der Waals surface area contributed by atoms with Crippen LogP contribution in [0.4, 0.5) is 0 Å². The molecular formula is C22H24O2. The first-order valence-corrected chi connectivity index (χ1v) is 10.7. The second-order valence-electron chi connectivity index (χ2n) is 11.7. The molecule has 13 rings (SSSR count). The first kappa shape index (κ1) is 11.9. The van der Waals surface area contributed by atoms with E-state index in [9.17, 15) is 9.59 Å². The third kappa shape index (κ3) is 0.752. The smallest absolute Gasteiger partial charge is 0.142 e. The summed E-state index contributed by atoms with van der Waals surface area (Å²) >= 11 is 0. The largest absolute Gasteiger partial charge is 0.299 e. The highest BCUT2D eigenvalue weighted by atomic mass is 16.1. The van der Waals surface area contributed by atoms with Gasteiger partial charge >= 0.3 is 0 Å². The van der Waals surface area contributed by atoms with E-state index in [2.05, 4.69) is 0 Å². The number of carbonyl (C=O) groups excluding carboxylic acids is 2. The maximum Gasteiger partial charge on any atom is 0.142 e. The van der Waals surface area contributed by atoms with Gasteiger partial charge in [0, 0.05) is 23.2 Å². The lowest BCUT2D eigenvalue weighted by atomic mass is 9.13. The van der Waals surface area contributed by atoms with Crippen LogP contribution in [0, 0.1) is 81.8 Å². The zero-order valence-corrected chi connectivity index (χ0v) is 14.0. The third-order valence-electron chi connectivity index (χ3n) is 12.2. The van der Waals surface area contributed by atoms with Gasteiger partial charge in [0.15, 0.2) is 0 Å². The molecule has 0 unspecified atom stereocenters. The highest BCUT2D eigenvalue weighted by Gasteiger charge is 2.89. The SMILES string of the molecule is O=C1[C@H]2C[C@H]3[C@H]4C[C@]56C(=O)[C@@H]7C[C@@H]8[C@H]9C[C@](C2)([C@H]3[C@@H]5[C@@H]9C7)[C@@H]([C@H]14)[C@@H]86. The van der Waals surface area contributed by atoms with Crippen molar-refractivity contribution in [2.45, 2.75) is 38.5 Å². The second-order valence-corrected chi connectivity index (χ2v) is 11.7. The monoisotopic (exact) mass is 320 g/mol. The third-order valence-corrected chi connectivity index (χ3v) is 12.2. The topological polar surface area (TPSA) is 34.1 Å². The Hall–Kier alpha value is -0.660. The van der Waals surface area contributed by atoms with Gasteiger partial charge in [0.2, 0.25) is 0 Å². The molecule has 14 atom stereocenters. The highest BCUT2D eigenvalue weighted by molar-refractivity contribution is 5.93. The van der Waals surface area contributed by atoms with E-state index < -0.39 is 0 Å². The highest BCUT2D eigenvalue weighted by Crippen LogP contribution is 2.91. The summed E-state index contributed by atoms with van der Waals surface area (Å²) < 4.78 is 0. The summed E-state index contributed by atoms with van der Waals surface area (Å²) in [6.45, 7) is 0. The van der Waals surface area contributed by atoms with E-state index in [1.165, 1.54) is 32.1 Å². The standard InChI is InChI=1S/C22H24O2/c23-19-8-3-11-13-6-22-16-9-1-7(20(22)24)2-10-12(9)5-21(4-8,15(11)16)18(14(13)19)17(10)22/h7-18H,1-6H2/t7-,8-,9+,10+,11-,12-,13+,14+,15+,16-,17+,18-,21+,22-/m0/s1. The molecule has 2 nitrogen and oxygen atoms in total. The van der Waals surface area contributed by atoms with Crippen LogP contribution >= 0.6 is 0 Å². The first-order chi connectivity index (χ1) is 11.7. The predicted octanol–water partition coefficient (Wildman–Crippen LogP) is 2.95. The Labute approximate surface area is 142 Å². The van der Waals surface area contributed by atoms with Gasteiger partial charge in [0.1, 0.15) is 11.6 Å². The normalized spacial score (nSPS) is 79.2. The zero-order chi connectivity index (χ0) is 15.3. The summed E-state index contributed by atoms with van der Waals surface area (Å²) in [7, 11) is 0. The molecule has 13 fully saturated rings. The quantitative estimate of drug-likeness (QED) is 0.688. The summed E-state index contributed by atoms with van der Waals surface area (Å²) in [5.74, 6) is 9.77. The summed E-state index contributed by atoms with van der Waals surface area (Å²) in [6.07, 6.45) is 7.58. The fourth-order valence-electron chi connectivity index (χ4n) is 12.8. The van der Waals surface area contributed by atoms with E-state index in [1.54, 1.807) is 0 Å². The number of hydrogen-bond donors (Lipinski definition) is 0.